The molecule has 1 rings (SSSR count). The van der Waals surface area contributed by atoms with Crippen molar-refractivity contribution in [3.63, 3.8) is 0 Å². The lowest BCUT2D eigenvalue weighted by atomic mass is 10.0. The molecule has 0 fully saturated rings. The number of carboxylic acid groups (broad SMARTS) is 1. The minimum absolute atomic E-state index is 0.0668. The molecule has 0 aliphatic heterocycles. The topological polar surface area (TPSA) is 49.3 Å². The third-order valence-electron chi connectivity index (χ3n) is 2.46. The molecule has 94 valence electrons. The summed E-state index contributed by atoms with van der Waals surface area (Å²) >= 11 is 5.63. The molecule has 2 N–H and O–H groups in total. The zero-order valence-corrected chi connectivity index (χ0v) is 10.5. The highest BCUT2D eigenvalue weighted by atomic mass is 35.5. The van der Waals surface area contributed by atoms with E-state index in [1.807, 2.05) is 0 Å². The maximum absolute atomic E-state index is 13.4. The average molecular weight is 260 g/mol. The van der Waals surface area contributed by atoms with Crippen molar-refractivity contribution in [2.75, 3.05) is 0 Å². The highest BCUT2D eigenvalue weighted by Crippen LogP contribution is 2.15. The number of aliphatic carboxylic acids is 1. The first-order chi connectivity index (χ1) is 7.91. The van der Waals surface area contributed by atoms with Crippen LogP contribution in [0, 0.1) is 11.7 Å². The number of hydrogen-bond donors (Lipinski definition) is 2. The van der Waals surface area contributed by atoms with E-state index in [2.05, 4.69) is 5.32 Å². The van der Waals surface area contributed by atoms with Crippen molar-refractivity contribution in [1.82, 2.24) is 5.32 Å². The van der Waals surface area contributed by atoms with Crippen LogP contribution in [-0.4, -0.2) is 17.1 Å². The molecule has 0 radical (unpaired) electrons. The minimum atomic E-state index is -0.936. The summed E-state index contributed by atoms with van der Waals surface area (Å²) in [6, 6.07) is 3.64. The number of carbonyl (C=O) groups is 1. The van der Waals surface area contributed by atoms with E-state index < -0.39 is 17.8 Å². The zero-order chi connectivity index (χ0) is 13.0. The molecule has 1 aromatic rings. The maximum atomic E-state index is 13.4. The van der Waals surface area contributed by atoms with Gasteiger partial charge in [0.05, 0.1) is 0 Å². The van der Waals surface area contributed by atoms with Gasteiger partial charge in [-0.25, -0.2) is 4.39 Å². The van der Waals surface area contributed by atoms with Gasteiger partial charge in [0.25, 0.3) is 0 Å². The molecule has 0 spiro atoms. The van der Waals surface area contributed by atoms with E-state index in [1.165, 1.54) is 6.07 Å². The third-order valence-corrected chi connectivity index (χ3v) is 2.70. The smallest absolute Gasteiger partial charge is 0.320 e. The Hall–Kier alpha value is -1.13. The van der Waals surface area contributed by atoms with E-state index in [1.54, 1.807) is 26.0 Å². The Balaban J connectivity index is 2.69. The van der Waals surface area contributed by atoms with Gasteiger partial charge >= 0.3 is 5.97 Å². The number of halogens is 2. The van der Waals surface area contributed by atoms with Crippen LogP contribution in [0.15, 0.2) is 18.2 Å². The summed E-state index contributed by atoms with van der Waals surface area (Å²) in [4.78, 5) is 10.9. The first kappa shape index (κ1) is 13.9. The van der Waals surface area contributed by atoms with Gasteiger partial charge < -0.3 is 5.11 Å². The molecule has 0 aliphatic rings. The SMILES string of the molecule is CC(C)[C@@H](NCc1ccc(Cl)cc1F)C(=O)O. The third kappa shape index (κ3) is 3.98. The van der Waals surface area contributed by atoms with Gasteiger partial charge in [-0.15, -0.1) is 0 Å². The molecule has 3 nitrogen and oxygen atoms in total. The second kappa shape index (κ2) is 5.98. The summed E-state index contributed by atoms with van der Waals surface area (Å²) in [6.07, 6.45) is 0. The van der Waals surface area contributed by atoms with E-state index in [-0.39, 0.29) is 12.5 Å². The van der Waals surface area contributed by atoms with Gasteiger partial charge in [-0.3, -0.25) is 10.1 Å². The quantitative estimate of drug-likeness (QED) is 0.855. The molecule has 0 heterocycles. The fraction of sp³-hybridized carbons (Fsp3) is 0.417. The Morgan fingerprint density at radius 2 is 2.18 bits per heavy atom. The molecule has 1 atom stereocenters. The van der Waals surface area contributed by atoms with Gasteiger partial charge in [0.1, 0.15) is 11.9 Å². The summed E-state index contributed by atoms with van der Waals surface area (Å²) in [5.41, 5.74) is 0.404. The molecule has 0 saturated heterocycles. The lowest BCUT2D eigenvalue weighted by molar-refractivity contribution is -0.140. The van der Waals surface area contributed by atoms with Crippen LogP contribution in [0.1, 0.15) is 19.4 Å². The highest BCUT2D eigenvalue weighted by molar-refractivity contribution is 6.30. The van der Waals surface area contributed by atoms with Crippen molar-refractivity contribution < 1.29 is 14.3 Å². The molecule has 0 aliphatic carbocycles. The number of nitrogens with one attached hydrogen (secondary N) is 1. The Morgan fingerprint density at radius 1 is 1.53 bits per heavy atom. The Labute approximate surface area is 105 Å². The van der Waals surface area contributed by atoms with E-state index in [4.69, 9.17) is 16.7 Å². The van der Waals surface area contributed by atoms with Gasteiger partial charge in [0.15, 0.2) is 0 Å². The van der Waals surface area contributed by atoms with E-state index in [0.717, 1.165) is 0 Å². The number of hydrogen-bond acceptors (Lipinski definition) is 2. The summed E-state index contributed by atoms with van der Waals surface area (Å²) in [7, 11) is 0. The number of carboxylic acids is 1. The second-order valence-electron chi connectivity index (χ2n) is 4.18. The van der Waals surface area contributed by atoms with Crippen LogP contribution in [0.2, 0.25) is 5.02 Å². The molecule has 1 aromatic carbocycles. The number of benzene rings is 1. The highest BCUT2D eigenvalue weighted by Gasteiger charge is 2.20. The predicted molar refractivity (Wildman–Crippen MR) is 64.5 cm³/mol. The molecule has 0 amide bonds. The Kier molecular flexibility index (Phi) is 4.90. The van der Waals surface area contributed by atoms with Crippen molar-refractivity contribution in [3.8, 4) is 0 Å². The Morgan fingerprint density at radius 3 is 2.65 bits per heavy atom. The van der Waals surface area contributed by atoms with Crippen molar-refractivity contribution in [2.24, 2.45) is 5.92 Å². The van der Waals surface area contributed by atoms with Gasteiger partial charge in [0.2, 0.25) is 0 Å². The molecule has 0 bridgehead atoms. The predicted octanol–water partition coefficient (Wildman–Crippen LogP) is 2.68. The first-order valence-corrected chi connectivity index (χ1v) is 5.69. The van der Waals surface area contributed by atoms with Gasteiger partial charge in [-0.2, -0.15) is 0 Å². The molecule has 17 heavy (non-hydrogen) atoms. The maximum Gasteiger partial charge on any atom is 0.320 e. The van der Waals surface area contributed by atoms with Crippen LogP contribution in [0.3, 0.4) is 0 Å². The fourth-order valence-corrected chi connectivity index (χ4v) is 1.65. The van der Waals surface area contributed by atoms with Crippen LogP contribution in [0.25, 0.3) is 0 Å². The second-order valence-corrected chi connectivity index (χ2v) is 4.61. The lowest BCUT2D eigenvalue weighted by Crippen LogP contribution is -2.40. The fourth-order valence-electron chi connectivity index (χ4n) is 1.49. The van der Waals surface area contributed by atoms with Crippen molar-refractivity contribution >= 4 is 17.6 Å². The normalized spacial score (nSPS) is 12.8. The van der Waals surface area contributed by atoms with Crippen molar-refractivity contribution in [3.05, 3.63) is 34.6 Å². The average Bonchev–Trinajstić information content (AvgIpc) is 2.20. The molecule has 0 saturated carbocycles. The van der Waals surface area contributed by atoms with Crippen LogP contribution >= 0.6 is 11.6 Å². The lowest BCUT2D eigenvalue weighted by Gasteiger charge is -2.18. The van der Waals surface area contributed by atoms with E-state index in [9.17, 15) is 9.18 Å². The monoisotopic (exact) mass is 259 g/mol. The van der Waals surface area contributed by atoms with E-state index >= 15 is 0 Å². The zero-order valence-electron chi connectivity index (χ0n) is 9.71. The van der Waals surface area contributed by atoms with Crippen molar-refractivity contribution in [2.45, 2.75) is 26.4 Å². The van der Waals surface area contributed by atoms with Crippen LogP contribution in [0.5, 0.6) is 0 Å². The van der Waals surface area contributed by atoms with Crippen LogP contribution in [-0.2, 0) is 11.3 Å². The summed E-state index contributed by atoms with van der Waals surface area (Å²) in [5, 5.41) is 12.1. The van der Waals surface area contributed by atoms with Crippen molar-refractivity contribution in [1.29, 1.82) is 0 Å². The largest absolute Gasteiger partial charge is 0.480 e. The van der Waals surface area contributed by atoms with Gasteiger partial charge in [-0.05, 0) is 18.1 Å². The van der Waals surface area contributed by atoms with Crippen LogP contribution < -0.4 is 5.32 Å². The summed E-state index contributed by atoms with van der Waals surface area (Å²) in [5.74, 6) is -1.44. The van der Waals surface area contributed by atoms with Gasteiger partial charge in [0, 0.05) is 17.1 Å². The Bertz CT molecular complexity index is 409. The minimum Gasteiger partial charge on any atom is -0.480 e. The van der Waals surface area contributed by atoms with Gasteiger partial charge in [-0.1, -0.05) is 31.5 Å². The van der Waals surface area contributed by atoms with E-state index in [0.29, 0.717) is 10.6 Å². The first-order valence-electron chi connectivity index (χ1n) is 5.32. The molecular formula is C12H15ClFNO2. The van der Waals surface area contributed by atoms with Crippen LogP contribution in [0.4, 0.5) is 4.39 Å². The molecule has 0 aromatic heterocycles. The molecule has 0 unspecified atom stereocenters. The summed E-state index contributed by atoms with van der Waals surface area (Å²) < 4.78 is 13.4. The summed E-state index contributed by atoms with van der Waals surface area (Å²) in [6.45, 7) is 3.76. The standard InChI is InChI=1S/C12H15ClFNO2/c1-7(2)11(12(16)17)15-6-8-3-4-9(13)5-10(8)14/h3-5,7,11,15H,6H2,1-2H3,(H,16,17)/t11-/m1/s1. The number of rotatable bonds is 5. The molecular weight excluding hydrogens is 245 g/mol. The molecule has 5 heteroatoms.